The van der Waals surface area contributed by atoms with Crippen LogP contribution in [0.3, 0.4) is 0 Å². The van der Waals surface area contributed by atoms with E-state index in [2.05, 4.69) is 29.0 Å². The molecule has 7 nitrogen and oxygen atoms in total. The second-order valence-corrected chi connectivity index (χ2v) is 7.03. The Morgan fingerprint density at radius 1 is 1.35 bits per heavy atom. The summed E-state index contributed by atoms with van der Waals surface area (Å²) in [6, 6.07) is 3.79. The van der Waals surface area contributed by atoms with Gasteiger partial charge in [-0.15, -0.1) is 0 Å². The molecule has 1 aromatic carbocycles. The van der Waals surface area contributed by atoms with Gasteiger partial charge in [0.15, 0.2) is 0 Å². The second-order valence-electron chi connectivity index (χ2n) is 7.03. The first kappa shape index (κ1) is 18.5. The lowest BCUT2D eigenvalue weighted by Crippen LogP contribution is -2.55. The Hall–Kier alpha value is -2.32. The number of halogens is 1. The number of carbonyl (C=O) groups is 1. The van der Waals surface area contributed by atoms with E-state index in [1.54, 1.807) is 0 Å². The fourth-order valence-electron chi connectivity index (χ4n) is 3.05. The molecular formula is C18H23FN4O3. The molecule has 1 aromatic heterocycles. The van der Waals surface area contributed by atoms with Gasteiger partial charge in [0.2, 0.25) is 5.91 Å². The van der Waals surface area contributed by atoms with Crippen LogP contribution in [0.25, 0.3) is 10.9 Å². The maximum atomic E-state index is 13.2. The molecule has 0 bridgehead atoms. The van der Waals surface area contributed by atoms with Crippen molar-refractivity contribution in [1.29, 1.82) is 0 Å². The second kappa shape index (κ2) is 7.51. The van der Waals surface area contributed by atoms with Crippen LogP contribution in [-0.4, -0.2) is 58.7 Å². The molecule has 1 aliphatic heterocycles. The highest BCUT2D eigenvalue weighted by Gasteiger charge is 2.28. The molecule has 3 rings (SSSR count). The largest absolute Gasteiger partial charge is 0.379 e. The van der Waals surface area contributed by atoms with Crippen molar-refractivity contribution < 1.29 is 13.9 Å². The fourth-order valence-corrected chi connectivity index (χ4v) is 3.05. The molecule has 1 saturated heterocycles. The summed E-state index contributed by atoms with van der Waals surface area (Å²) in [4.78, 5) is 31.0. The molecule has 1 fully saturated rings. The van der Waals surface area contributed by atoms with E-state index in [9.17, 15) is 14.0 Å². The molecule has 0 atom stereocenters. The first-order valence-electron chi connectivity index (χ1n) is 8.61. The molecule has 1 amide bonds. The van der Waals surface area contributed by atoms with E-state index in [1.165, 1.54) is 29.1 Å². The number of aromatic nitrogens is 2. The maximum Gasteiger partial charge on any atom is 0.261 e. The van der Waals surface area contributed by atoms with E-state index >= 15 is 0 Å². The van der Waals surface area contributed by atoms with Gasteiger partial charge in [-0.25, -0.2) is 9.37 Å². The highest BCUT2D eigenvalue weighted by Crippen LogP contribution is 2.15. The highest BCUT2D eigenvalue weighted by molar-refractivity contribution is 5.79. The van der Waals surface area contributed by atoms with Crippen molar-refractivity contribution in [3.05, 3.63) is 40.7 Å². The maximum absolute atomic E-state index is 13.2. The number of morpholine rings is 1. The Balaban J connectivity index is 1.64. The van der Waals surface area contributed by atoms with Gasteiger partial charge in [-0.2, -0.15) is 0 Å². The van der Waals surface area contributed by atoms with Crippen LogP contribution in [0, 0.1) is 5.82 Å². The van der Waals surface area contributed by atoms with Gasteiger partial charge >= 0.3 is 0 Å². The van der Waals surface area contributed by atoms with E-state index in [0.717, 1.165) is 13.1 Å². The zero-order valence-corrected chi connectivity index (χ0v) is 15.0. The summed E-state index contributed by atoms with van der Waals surface area (Å²) in [5.41, 5.74) is -0.290. The van der Waals surface area contributed by atoms with Gasteiger partial charge in [-0.05, 0) is 26.0 Å². The Morgan fingerprint density at radius 3 is 2.81 bits per heavy atom. The number of fused-ring (bicyclic) bond motifs is 1. The molecule has 0 spiro atoms. The van der Waals surface area contributed by atoms with Crippen LogP contribution >= 0.6 is 0 Å². The van der Waals surface area contributed by atoms with Crippen LogP contribution in [0.15, 0.2) is 29.3 Å². The minimum atomic E-state index is -0.453. The van der Waals surface area contributed by atoms with Gasteiger partial charge in [0.25, 0.3) is 5.56 Å². The first-order chi connectivity index (χ1) is 12.4. The standard InChI is InChI=1S/C18H23FN4O3/c1-18(2,23-5-7-26-8-6-23)11-20-16(24)10-22-12-21-15-9-13(19)3-4-14(15)17(22)25/h3-4,9,12H,5-8,10-11H2,1-2H3,(H,20,24). The number of nitrogens with one attached hydrogen (secondary N) is 1. The number of hydrogen-bond donors (Lipinski definition) is 1. The molecule has 1 N–H and O–H groups in total. The molecule has 1 aliphatic rings. The molecule has 140 valence electrons. The Kier molecular flexibility index (Phi) is 5.33. The lowest BCUT2D eigenvalue weighted by atomic mass is 10.0. The van der Waals surface area contributed by atoms with Crippen LogP contribution in [0.1, 0.15) is 13.8 Å². The number of benzene rings is 1. The lowest BCUT2D eigenvalue weighted by Gasteiger charge is -2.40. The van der Waals surface area contributed by atoms with Crippen LogP contribution < -0.4 is 10.9 Å². The molecule has 0 unspecified atom stereocenters. The average Bonchev–Trinajstić information content (AvgIpc) is 2.63. The van der Waals surface area contributed by atoms with Gasteiger partial charge in [0.1, 0.15) is 12.4 Å². The van der Waals surface area contributed by atoms with Gasteiger partial charge in [0.05, 0.1) is 30.4 Å². The van der Waals surface area contributed by atoms with Crippen molar-refractivity contribution in [3.63, 3.8) is 0 Å². The zero-order valence-electron chi connectivity index (χ0n) is 15.0. The summed E-state index contributed by atoms with van der Waals surface area (Å²) in [6.45, 7) is 7.51. The van der Waals surface area contributed by atoms with E-state index < -0.39 is 5.82 Å². The minimum absolute atomic E-state index is 0.127. The molecule has 8 heteroatoms. The molecule has 2 aromatic rings. The average molecular weight is 362 g/mol. The Bertz CT molecular complexity index is 859. The molecule has 0 aliphatic carbocycles. The first-order valence-corrected chi connectivity index (χ1v) is 8.61. The number of rotatable bonds is 5. The number of ether oxygens (including phenoxy) is 1. The summed E-state index contributed by atoms with van der Waals surface area (Å²) in [6.07, 6.45) is 1.27. The van der Waals surface area contributed by atoms with Crippen molar-refractivity contribution in [2.24, 2.45) is 0 Å². The summed E-state index contributed by atoms with van der Waals surface area (Å²) in [5, 5.41) is 3.17. The monoisotopic (exact) mass is 362 g/mol. The summed E-state index contributed by atoms with van der Waals surface area (Å²) >= 11 is 0. The van der Waals surface area contributed by atoms with Crippen molar-refractivity contribution in [3.8, 4) is 0 Å². The predicted molar refractivity (Wildman–Crippen MR) is 95.4 cm³/mol. The third kappa shape index (κ3) is 4.08. The van der Waals surface area contributed by atoms with Crippen LogP contribution in [0.4, 0.5) is 4.39 Å². The molecule has 26 heavy (non-hydrogen) atoms. The van der Waals surface area contributed by atoms with E-state index in [4.69, 9.17) is 4.74 Å². The summed E-state index contributed by atoms with van der Waals surface area (Å²) < 4.78 is 19.8. The molecule has 0 saturated carbocycles. The van der Waals surface area contributed by atoms with E-state index in [0.29, 0.717) is 19.8 Å². The normalized spacial score (nSPS) is 16.0. The number of carbonyl (C=O) groups excluding carboxylic acids is 1. The lowest BCUT2D eigenvalue weighted by molar-refractivity contribution is -0.122. The smallest absolute Gasteiger partial charge is 0.261 e. The van der Waals surface area contributed by atoms with E-state index in [1.807, 2.05) is 0 Å². The summed E-state index contributed by atoms with van der Waals surface area (Å²) in [5.74, 6) is -0.720. The predicted octanol–water partition coefficient (Wildman–Crippen LogP) is 0.763. The molecular weight excluding hydrogens is 339 g/mol. The van der Waals surface area contributed by atoms with Crippen molar-refractivity contribution in [2.75, 3.05) is 32.8 Å². The third-order valence-electron chi connectivity index (χ3n) is 4.69. The molecule has 2 heterocycles. The van der Waals surface area contributed by atoms with Crippen molar-refractivity contribution in [1.82, 2.24) is 19.8 Å². The van der Waals surface area contributed by atoms with Crippen LogP contribution in [0.2, 0.25) is 0 Å². The number of amides is 1. The van der Waals surface area contributed by atoms with Gasteiger partial charge < -0.3 is 10.1 Å². The van der Waals surface area contributed by atoms with Crippen LogP contribution in [0.5, 0.6) is 0 Å². The zero-order chi connectivity index (χ0) is 18.7. The summed E-state index contributed by atoms with van der Waals surface area (Å²) in [7, 11) is 0. The SMILES string of the molecule is CC(C)(CNC(=O)Cn1cnc2cc(F)ccc2c1=O)N1CCOCC1. The van der Waals surface area contributed by atoms with E-state index in [-0.39, 0.29) is 34.5 Å². The number of nitrogens with zero attached hydrogens (tertiary/aromatic N) is 3. The van der Waals surface area contributed by atoms with Gasteiger partial charge in [-0.3, -0.25) is 19.1 Å². The Morgan fingerprint density at radius 2 is 2.08 bits per heavy atom. The Labute approximate surface area is 150 Å². The third-order valence-corrected chi connectivity index (χ3v) is 4.69. The highest BCUT2D eigenvalue weighted by atomic mass is 19.1. The topological polar surface area (TPSA) is 76.5 Å². The fraction of sp³-hybridized carbons (Fsp3) is 0.500. The number of hydrogen-bond acceptors (Lipinski definition) is 5. The van der Waals surface area contributed by atoms with Crippen molar-refractivity contribution in [2.45, 2.75) is 25.9 Å². The van der Waals surface area contributed by atoms with Crippen LogP contribution in [-0.2, 0) is 16.1 Å². The van der Waals surface area contributed by atoms with Gasteiger partial charge in [-0.1, -0.05) is 0 Å². The quantitative estimate of drug-likeness (QED) is 0.850. The van der Waals surface area contributed by atoms with Crippen molar-refractivity contribution >= 4 is 16.8 Å². The minimum Gasteiger partial charge on any atom is -0.379 e. The molecule has 0 radical (unpaired) electrons. The van der Waals surface area contributed by atoms with Gasteiger partial charge in [0, 0.05) is 31.2 Å².